The summed E-state index contributed by atoms with van der Waals surface area (Å²) in [6, 6.07) is 0. The summed E-state index contributed by atoms with van der Waals surface area (Å²) in [5.74, 6) is 1.68. The fourth-order valence-electron chi connectivity index (χ4n) is 2.41. The number of nitrogens with one attached hydrogen (secondary N) is 1. The Morgan fingerprint density at radius 3 is 2.95 bits per heavy atom. The van der Waals surface area contributed by atoms with E-state index in [2.05, 4.69) is 47.0 Å². The van der Waals surface area contributed by atoms with Gasteiger partial charge in [-0.3, -0.25) is 4.40 Å². The predicted octanol–water partition coefficient (Wildman–Crippen LogP) is 2.61. The van der Waals surface area contributed by atoms with Crippen molar-refractivity contribution < 1.29 is 4.74 Å². The van der Waals surface area contributed by atoms with E-state index in [1.54, 1.807) is 18.4 Å². The van der Waals surface area contributed by atoms with Crippen LogP contribution in [0, 0.1) is 5.92 Å². The molecule has 0 aliphatic rings. The molecule has 0 aromatic carbocycles. The minimum absolute atomic E-state index is 0.591. The summed E-state index contributed by atoms with van der Waals surface area (Å²) >= 11 is 1.68. The largest absolute Gasteiger partial charge is 0.383 e. The molecule has 0 saturated carbocycles. The van der Waals surface area contributed by atoms with Crippen molar-refractivity contribution in [3.8, 4) is 0 Å². The maximum absolute atomic E-state index is 5.26. The van der Waals surface area contributed by atoms with Crippen molar-refractivity contribution in [2.75, 3.05) is 38.3 Å². The topological polar surface area (TPSA) is 41.8 Å². The molecular formula is C15H26N4OS. The Hall–Kier alpha value is -1.11. The third-order valence-electron chi connectivity index (χ3n) is 3.33. The number of nitrogens with zero attached hydrogens (tertiary/aromatic N) is 3. The minimum atomic E-state index is 0.591. The number of rotatable bonds is 9. The monoisotopic (exact) mass is 310 g/mol. The molecule has 6 heteroatoms. The third-order valence-corrected chi connectivity index (χ3v) is 4.09. The summed E-state index contributed by atoms with van der Waals surface area (Å²) in [6.07, 6.45) is 2.10. The van der Waals surface area contributed by atoms with Crippen LogP contribution >= 0.6 is 11.3 Å². The second-order valence-electron chi connectivity index (χ2n) is 5.55. The molecule has 0 bridgehead atoms. The van der Waals surface area contributed by atoms with E-state index in [0.29, 0.717) is 5.92 Å². The molecule has 0 amide bonds. The lowest BCUT2D eigenvalue weighted by Gasteiger charge is -2.25. The lowest BCUT2D eigenvalue weighted by atomic mass is 10.2. The molecule has 0 aliphatic carbocycles. The van der Waals surface area contributed by atoms with E-state index in [1.165, 1.54) is 5.69 Å². The molecule has 0 unspecified atom stereocenters. The summed E-state index contributed by atoms with van der Waals surface area (Å²) in [5.41, 5.74) is 1.24. The van der Waals surface area contributed by atoms with Gasteiger partial charge in [0.2, 0.25) is 0 Å². The van der Waals surface area contributed by atoms with Crippen molar-refractivity contribution in [3.05, 3.63) is 17.3 Å². The van der Waals surface area contributed by atoms with Crippen molar-refractivity contribution in [2.45, 2.75) is 27.3 Å². The summed E-state index contributed by atoms with van der Waals surface area (Å²) in [4.78, 5) is 8.25. The first-order valence-corrected chi connectivity index (χ1v) is 8.44. The molecule has 1 N–H and O–H groups in total. The summed E-state index contributed by atoms with van der Waals surface area (Å²) < 4.78 is 7.46. The molecule has 0 spiro atoms. The van der Waals surface area contributed by atoms with Gasteiger partial charge in [0, 0.05) is 38.3 Å². The lowest BCUT2D eigenvalue weighted by molar-refractivity contribution is 0.204. The average Bonchev–Trinajstić information content (AvgIpc) is 3.02. The first-order chi connectivity index (χ1) is 10.2. The van der Waals surface area contributed by atoms with Gasteiger partial charge >= 0.3 is 0 Å². The smallest absolute Gasteiger partial charge is 0.195 e. The highest BCUT2D eigenvalue weighted by Gasteiger charge is 2.19. The molecule has 21 heavy (non-hydrogen) atoms. The number of hydrogen-bond donors (Lipinski definition) is 1. The first-order valence-electron chi connectivity index (χ1n) is 7.56. The van der Waals surface area contributed by atoms with Gasteiger partial charge in [0.1, 0.15) is 0 Å². The number of aromatic nitrogens is 2. The molecule has 118 valence electrons. The number of thiazole rings is 1. The van der Waals surface area contributed by atoms with Crippen LogP contribution in [0.5, 0.6) is 0 Å². The van der Waals surface area contributed by atoms with Gasteiger partial charge in [-0.05, 0) is 12.5 Å². The van der Waals surface area contributed by atoms with E-state index >= 15 is 0 Å². The molecule has 2 heterocycles. The van der Waals surface area contributed by atoms with Crippen molar-refractivity contribution in [3.63, 3.8) is 0 Å². The molecule has 0 fully saturated rings. The molecule has 2 rings (SSSR count). The Morgan fingerprint density at radius 1 is 1.48 bits per heavy atom. The molecular weight excluding hydrogens is 284 g/mol. The van der Waals surface area contributed by atoms with E-state index in [9.17, 15) is 0 Å². The van der Waals surface area contributed by atoms with Gasteiger partial charge in [0.15, 0.2) is 10.8 Å². The van der Waals surface area contributed by atoms with E-state index in [0.717, 1.165) is 43.6 Å². The average molecular weight is 310 g/mol. The van der Waals surface area contributed by atoms with E-state index in [-0.39, 0.29) is 0 Å². The highest BCUT2D eigenvalue weighted by Crippen LogP contribution is 2.25. The van der Waals surface area contributed by atoms with Gasteiger partial charge in [-0.25, -0.2) is 4.98 Å². The highest BCUT2D eigenvalue weighted by atomic mass is 32.1. The Labute approximate surface area is 130 Å². The van der Waals surface area contributed by atoms with Crippen LogP contribution in [0.1, 0.15) is 26.5 Å². The fraction of sp³-hybridized carbons (Fsp3) is 0.667. The van der Waals surface area contributed by atoms with Crippen LogP contribution in [0.3, 0.4) is 0 Å². The van der Waals surface area contributed by atoms with Gasteiger partial charge in [-0.1, -0.05) is 20.8 Å². The van der Waals surface area contributed by atoms with Crippen molar-refractivity contribution in [1.29, 1.82) is 0 Å². The SMILES string of the molecule is CCNCc1c(N(CCOC)CC(C)C)nc2sccn12. The summed E-state index contributed by atoms with van der Waals surface area (Å²) in [5, 5.41) is 5.51. The Morgan fingerprint density at radius 2 is 2.29 bits per heavy atom. The van der Waals surface area contributed by atoms with Crippen LogP contribution in [-0.4, -0.2) is 42.7 Å². The molecule has 2 aromatic rings. The number of hydrogen-bond acceptors (Lipinski definition) is 5. The van der Waals surface area contributed by atoms with Gasteiger partial charge in [-0.2, -0.15) is 0 Å². The van der Waals surface area contributed by atoms with Crippen LogP contribution in [0.25, 0.3) is 4.96 Å². The quantitative estimate of drug-likeness (QED) is 0.773. The van der Waals surface area contributed by atoms with Crippen molar-refractivity contribution in [1.82, 2.24) is 14.7 Å². The molecule has 0 radical (unpaired) electrons. The standard InChI is InChI=1S/C15H26N4OS/c1-5-16-10-13-14(17-15-19(13)7-9-21-15)18(6-8-20-4)11-12(2)3/h7,9,12,16H,5-6,8,10-11H2,1-4H3. The summed E-state index contributed by atoms with van der Waals surface area (Å²) in [7, 11) is 1.75. The van der Waals surface area contributed by atoms with Crippen LogP contribution in [-0.2, 0) is 11.3 Å². The molecule has 5 nitrogen and oxygen atoms in total. The lowest BCUT2D eigenvalue weighted by Crippen LogP contribution is -2.32. The fourth-order valence-corrected chi connectivity index (χ4v) is 3.14. The van der Waals surface area contributed by atoms with Gasteiger partial charge in [0.25, 0.3) is 0 Å². The number of imidazole rings is 1. The van der Waals surface area contributed by atoms with Crippen LogP contribution < -0.4 is 10.2 Å². The zero-order valence-electron chi connectivity index (χ0n) is 13.4. The third kappa shape index (κ3) is 3.96. The second kappa shape index (κ2) is 7.77. The van der Waals surface area contributed by atoms with Gasteiger partial charge in [0.05, 0.1) is 12.3 Å². The predicted molar refractivity (Wildman–Crippen MR) is 89.4 cm³/mol. The zero-order chi connectivity index (χ0) is 15.2. The Balaban J connectivity index is 2.32. The van der Waals surface area contributed by atoms with Crippen LogP contribution in [0.15, 0.2) is 11.6 Å². The van der Waals surface area contributed by atoms with E-state index in [4.69, 9.17) is 9.72 Å². The number of ether oxygens (including phenoxy) is 1. The number of fused-ring (bicyclic) bond motifs is 1. The maximum Gasteiger partial charge on any atom is 0.195 e. The second-order valence-corrected chi connectivity index (χ2v) is 6.42. The van der Waals surface area contributed by atoms with Crippen LogP contribution in [0.4, 0.5) is 5.82 Å². The van der Waals surface area contributed by atoms with E-state index in [1.807, 2.05) is 0 Å². The Kier molecular flexibility index (Phi) is 6.02. The molecule has 0 atom stereocenters. The Bertz CT molecular complexity index is 549. The maximum atomic E-state index is 5.26. The van der Waals surface area contributed by atoms with Crippen molar-refractivity contribution in [2.24, 2.45) is 5.92 Å². The molecule has 2 aromatic heterocycles. The van der Waals surface area contributed by atoms with Crippen LogP contribution in [0.2, 0.25) is 0 Å². The number of anilines is 1. The van der Waals surface area contributed by atoms with E-state index < -0.39 is 0 Å². The van der Waals surface area contributed by atoms with Crippen molar-refractivity contribution >= 4 is 22.1 Å². The molecule has 0 saturated heterocycles. The zero-order valence-corrected chi connectivity index (χ0v) is 14.2. The van der Waals surface area contributed by atoms with Gasteiger partial charge in [-0.15, -0.1) is 11.3 Å². The summed E-state index contributed by atoms with van der Waals surface area (Å²) in [6.45, 7) is 11.0. The first kappa shape index (κ1) is 16.3. The van der Waals surface area contributed by atoms with Gasteiger partial charge < -0.3 is 15.0 Å². The molecule has 0 aliphatic heterocycles. The number of methoxy groups -OCH3 is 1. The minimum Gasteiger partial charge on any atom is -0.383 e. The normalized spacial score (nSPS) is 11.7. The highest BCUT2D eigenvalue weighted by molar-refractivity contribution is 7.15.